The van der Waals surface area contributed by atoms with Gasteiger partial charge in [-0.1, -0.05) is 30.0 Å². The molecule has 0 aromatic heterocycles. The molecule has 0 spiro atoms. The van der Waals surface area contributed by atoms with Crippen molar-refractivity contribution in [1.29, 1.82) is 0 Å². The number of rotatable bonds is 7. The van der Waals surface area contributed by atoms with Crippen molar-refractivity contribution in [3.63, 3.8) is 0 Å². The molecule has 0 bridgehead atoms. The molecule has 0 aliphatic heterocycles. The zero-order valence-electron chi connectivity index (χ0n) is 13.6. The molecule has 25 heavy (non-hydrogen) atoms. The van der Waals surface area contributed by atoms with E-state index in [1.807, 2.05) is 30.3 Å². The van der Waals surface area contributed by atoms with Gasteiger partial charge in [-0.25, -0.2) is 4.79 Å². The number of amides is 1. The summed E-state index contributed by atoms with van der Waals surface area (Å²) in [7, 11) is 0. The maximum atomic E-state index is 12.0. The van der Waals surface area contributed by atoms with E-state index in [4.69, 9.17) is 4.74 Å². The summed E-state index contributed by atoms with van der Waals surface area (Å²) in [6.07, 6.45) is 1.28. The van der Waals surface area contributed by atoms with Crippen LogP contribution in [0.1, 0.15) is 17.3 Å². The topological polar surface area (TPSA) is 72.5 Å². The Bertz CT molecular complexity index is 770. The van der Waals surface area contributed by atoms with E-state index in [1.165, 1.54) is 24.8 Å². The fraction of sp³-hybridized carbons (Fsp3) is 0.105. The van der Waals surface area contributed by atoms with Crippen LogP contribution in [0.4, 0.5) is 5.69 Å². The third-order valence-electron chi connectivity index (χ3n) is 3.02. The first-order valence-corrected chi connectivity index (χ1v) is 8.38. The molecule has 2 aromatic carbocycles. The highest BCUT2D eigenvalue weighted by atomic mass is 32.2. The van der Waals surface area contributed by atoms with E-state index in [0.29, 0.717) is 11.3 Å². The summed E-state index contributed by atoms with van der Waals surface area (Å²) >= 11 is 1.38. The number of Topliss-reactive ketones (excluding diaryl/α,β-unsaturated/α-hetero) is 1. The zero-order chi connectivity index (χ0) is 18.1. The van der Waals surface area contributed by atoms with Crippen LogP contribution in [0.2, 0.25) is 0 Å². The van der Waals surface area contributed by atoms with E-state index >= 15 is 0 Å². The second kappa shape index (κ2) is 9.44. The summed E-state index contributed by atoms with van der Waals surface area (Å²) in [5.74, 6) is -1.08. The van der Waals surface area contributed by atoms with Crippen LogP contribution in [0, 0.1) is 0 Å². The maximum absolute atomic E-state index is 12.0. The van der Waals surface area contributed by atoms with E-state index in [0.717, 1.165) is 4.90 Å². The quantitative estimate of drug-likeness (QED) is 0.355. The summed E-state index contributed by atoms with van der Waals surface area (Å²) in [4.78, 5) is 35.6. The monoisotopic (exact) mass is 355 g/mol. The Hall–Kier alpha value is -2.86. The van der Waals surface area contributed by atoms with Crippen molar-refractivity contribution in [1.82, 2.24) is 0 Å². The fourth-order valence-electron chi connectivity index (χ4n) is 1.88. The van der Waals surface area contributed by atoms with Gasteiger partial charge < -0.3 is 10.1 Å². The normalized spacial score (nSPS) is 10.4. The van der Waals surface area contributed by atoms with Crippen LogP contribution >= 0.6 is 11.8 Å². The number of esters is 1. The average Bonchev–Trinajstić information content (AvgIpc) is 2.61. The first kappa shape index (κ1) is 18.5. The van der Waals surface area contributed by atoms with Gasteiger partial charge >= 0.3 is 5.97 Å². The van der Waals surface area contributed by atoms with Crippen LogP contribution < -0.4 is 5.32 Å². The summed E-state index contributed by atoms with van der Waals surface area (Å²) in [6, 6.07) is 16.0. The van der Waals surface area contributed by atoms with Gasteiger partial charge in [0.15, 0.2) is 12.4 Å². The Kier molecular flexibility index (Phi) is 6.98. The van der Waals surface area contributed by atoms with Crippen LogP contribution in [0.25, 0.3) is 0 Å². The number of carbonyl (C=O) groups excluding carboxylic acids is 3. The second-order valence-corrected chi connectivity index (χ2v) is 6.00. The Labute approximate surface area is 150 Å². The number of ketones is 1. The molecule has 1 N–H and O–H groups in total. The van der Waals surface area contributed by atoms with Crippen LogP contribution in [-0.4, -0.2) is 24.3 Å². The minimum absolute atomic E-state index is 0.187. The SMILES string of the molecule is CC(=O)Nc1ccc(C(=O)COC(=O)/C=C/Sc2ccccc2)cc1. The van der Waals surface area contributed by atoms with E-state index in [9.17, 15) is 14.4 Å². The predicted octanol–water partition coefficient (Wildman–Crippen LogP) is 3.68. The molecule has 0 aliphatic carbocycles. The Morgan fingerprint density at radius 1 is 1.04 bits per heavy atom. The van der Waals surface area contributed by atoms with E-state index in [2.05, 4.69) is 5.32 Å². The number of carbonyl (C=O) groups is 3. The molecule has 128 valence electrons. The van der Waals surface area contributed by atoms with Gasteiger partial charge in [-0.05, 0) is 41.8 Å². The van der Waals surface area contributed by atoms with Crippen molar-refractivity contribution >= 4 is 35.1 Å². The number of benzene rings is 2. The van der Waals surface area contributed by atoms with Gasteiger partial charge in [0.25, 0.3) is 0 Å². The highest BCUT2D eigenvalue weighted by Crippen LogP contribution is 2.17. The summed E-state index contributed by atoms with van der Waals surface area (Å²) in [5, 5.41) is 4.23. The maximum Gasteiger partial charge on any atom is 0.331 e. The van der Waals surface area contributed by atoms with Crippen molar-refractivity contribution in [2.24, 2.45) is 0 Å². The van der Waals surface area contributed by atoms with Crippen molar-refractivity contribution in [2.45, 2.75) is 11.8 Å². The molecular weight excluding hydrogens is 338 g/mol. The van der Waals surface area contributed by atoms with Crippen molar-refractivity contribution in [3.05, 3.63) is 71.6 Å². The Morgan fingerprint density at radius 3 is 2.36 bits per heavy atom. The van der Waals surface area contributed by atoms with E-state index in [-0.39, 0.29) is 18.3 Å². The second-order valence-electron chi connectivity index (χ2n) is 5.02. The molecule has 1 amide bonds. The van der Waals surface area contributed by atoms with E-state index < -0.39 is 5.97 Å². The lowest BCUT2D eigenvalue weighted by Gasteiger charge is -2.04. The summed E-state index contributed by atoms with van der Waals surface area (Å²) < 4.78 is 4.93. The molecule has 0 fully saturated rings. The Morgan fingerprint density at radius 2 is 1.72 bits per heavy atom. The molecule has 0 heterocycles. The molecule has 2 rings (SSSR count). The molecule has 0 atom stereocenters. The third-order valence-corrected chi connectivity index (χ3v) is 3.84. The van der Waals surface area contributed by atoms with Crippen LogP contribution in [0.5, 0.6) is 0 Å². The van der Waals surface area contributed by atoms with Gasteiger partial charge in [0.2, 0.25) is 5.91 Å². The smallest absolute Gasteiger partial charge is 0.331 e. The van der Waals surface area contributed by atoms with Gasteiger partial charge in [-0.2, -0.15) is 0 Å². The molecule has 0 aliphatic rings. The lowest BCUT2D eigenvalue weighted by molar-refractivity contribution is -0.136. The highest BCUT2D eigenvalue weighted by molar-refractivity contribution is 8.02. The molecule has 5 nitrogen and oxygen atoms in total. The molecule has 0 unspecified atom stereocenters. The molecule has 0 saturated carbocycles. The van der Waals surface area contributed by atoms with Gasteiger partial charge in [0.1, 0.15) is 0 Å². The first-order valence-electron chi connectivity index (χ1n) is 7.50. The lowest BCUT2D eigenvalue weighted by atomic mass is 10.1. The van der Waals surface area contributed by atoms with Crippen molar-refractivity contribution < 1.29 is 19.1 Å². The van der Waals surface area contributed by atoms with Gasteiger partial charge in [0, 0.05) is 29.1 Å². The van der Waals surface area contributed by atoms with Gasteiger partial charge in [-0.3, -0.25) is 9.59 Å². The highest BCUT2D eigenvalue weighted by Gasteiger charge is 2.08. The number of anilines is 1. The molecule has 2 aromatic rings. The molecule has 0 radical (unpaired) electrons. The molecular formula is C19H17NO4S. The largest absolute Gasteiger partial charge is 0.454 e. The minimum Gasteiger partial charge on any atom is -0.454 e. The number of ether oxygens (including phenoxy) is 1. The number of hydrogen-bond donors (Lipinski definition) is 1. The van der Waals surface area contributed by atoms with Crippen LogP contribution in [0.15, 0.2) is 71.0 Å². The van der Waals surface area contributed by atoms with Gasteiger partial charge in [0.05, 0.1) is 0 Å². The first-order chi connectivity index (χ1) is 12.0. The standard InChI is InChI=1S/C19H17NO4S/c1-14(21)20-16-9-7-15(8-10-16)18(22)13-24-19(23)11-12-25-17-5-3-2-4-6-17/h2-12H,13H2,1H3,(H,20,21)/b12-11+. The summed E-state index contributed by atoms with van der Waals surface area (Å²) in [6.45, 7) is 1.07. The molecule has 6 heteroatoms. The Balaban J connectivity index is 1.78. The fourth-order valence-corrected chi connectivity index (χ4v) is 2.53. The third kappa shape index (κ3) is 6.64. The summed E-state index contributed by atoms with van der Waals surface area (Å²) in [5.41, 5.74) is 1.01. The minimum atomic E-state index is -0.577. The van der Waals surface area contributed by atoms with Gasteiger partial charge in [-0.15, -0.1) is 0 Å². The number of nitrogens with one attached hydrogen (secondary N) is 1. The lowest BCUT2D eigenvalue weighted by Crippen LogP contribution is -2.12. The predicted molar refractivity (Wildman–Crippen MR) is 97.5 cm³/mol. The van der Waals surface area contributed by atoms with Crippen LogP contribution in [0.3, 0.4) is 0 Å². The van der Waals surface area contributed by atoms with Crippen LogP contribution in [-0.2, 0) is 14.3 Å². The van der Waals surface area contributed by atoms with Crippen molar-refractivity contribution in [3.8, 4) is 0 Å². The van der Waals surface area contributed by atoms with Crippen molar-refractivity contribution in [2.75, 3.05) is 11.9 Å². The average molecular weight is 355 g/mol. The molecule has 0 saturated heterocycles. The zero-order valence-corrected chi connectivity index (χ0v) is 14.4. The number of hydrogen-bond acceptors (Lipinski definition) is 5. The van der Waals surface area contributed by atoms with E-state index in [1.54, 1.807) is 29.7 Å². The number of thioether (sulfide) groups is 1.